The van der Waals surface area contributed by atoms with E-state index >= 15 is 0 Å². The maximum absolute atomic E-state index is 12.7. The highest BCUT2D eigenvalue weighted by atomic mass is 31.2. The third kappa shape index (κ3) is 44.7. The van der Waals surface area contributed by atoms with Gasteiger partial charge in [0, 0.05) is 12.8 Å². The van der Waals surface area contributed by atoms with Crippen molar-refractivity contribution in [3.63, 3.8) is 0 Å². The van der Waals surface area contributed by atoms with Crippen LogP contribution in [0.3, 0.4) is 0 Å². The number of quaternary nitrogens is 1. The average Bonchev–Trinajstić information content (AvgIpc) is 3.20. The average molecular weight is 861 g/mol. The molecule has 1 N–H and O–H groups in total. The lowest BCUT2D eigenvalue weighted by Gasteiger charge is -2.24. The number of phosphoric acid groups is 1. The van der Waals surface area contributed by atoms with Gasteiger partial charge in [0.25, 0.3) is 0 Å². The van der Waals surface area contributed by atoms with Crippen LogP contribution in [0.4, 0.5) is 0 Å². The second kappa shape index (κ2) is 41.5. The highest BCUT2D eigenvalue weighted by Gasteiger charge is 2.27. The van der Waals surface area contributed by atoms with Gasteiger partial charge < -0.3 is 18.9 Å². The Morgan fingerprint density at radius 3 is 1.42 bits per heavy atom. The van der Waals surface area contributed by atoms with Gasteiger partial charge in [0.05, 0.1) is 27.7 Å². The zero-order chi connectivity index (χ0) is 44.3. The maximum atomic E-state index is 12.7. The summed E-state index contributed by atoms with van der Waals surface area (Å²) in [7, 11) is 1.41. The van der Waals surface area contributed by atoms with E-state index in [1.54, 1.807) is 0 Å². The van der Waals surface area contributed by atoms with Crippen molar-refractivity contribution in [1.29, 1.82) is 0 Å². The quantitative estimate of drug-likeness (QED) is 0.0213. The van der Waals surface area contributed by atoms with Gasteiger partial charge in [-0.15, -0.1) is 0 Å². The molecule has 0 aromatic carbocycles. The number of likely N-dealkylation sites (N-methyl/N-ethyl adjacent to an activating group) is 1. The number of hydrogen-bond donors (Lipinski definition) is 1. The summed E-state index contributed by atoms with van der Waals surface area (Å²) in [5, 5.41) is 0. The first-order valence-corrected chi connectivity index (χ1v) is 24.8. The van der Waals surface area contributed by atoms with Crippen LogP contribution in [-0.2, 0) is 32.7 Å². The van der Waals surface area contributed by atoms with Gasteiger partial charge in [0.1, 0.15) is 19.8 Å². The highest BCUT2D eigenvalue weighted by Crippen LogP contribution is 2.43. The smallest absolute Gasteiger partial charge is 0.462 e. The summed E-state index contributed by atoms with van der Waals surface area (Å²) < 4.78 is 34.2. The van der Waals surface area contributed by atoms with Crippen molar-refractivity contribution in [2.45, 2.75) is 174 Å². The van der Waals surface area contributed by atoms with E-state index in [0.717, 1.165) is 51.4 Å². The fourth-order valence-electron chi connectivity index (χ4n) is 5.72. The molecule has 0 amide bonds. The molecule has 0 rings (SSSR count). The van der Waals surface area contributed by atoms with E-state index in [1.807, 2.05) is 27.2 Å². The molecule has 0 aromatic rings. The normalized spacial score (nSPS) is 14.3. The van der Waals surface area contributed by atoms with Gasteiger partial charge in [-0.2, -0.15) is 0 Å². The molecule has 0 aliphatic heterocycles. The van der Waals surface area contributed by atoms with Crippen molar-refractivity contribution in [2.75, 3.05) is 47.5 Å². The van der Waals surface area contributed by atoms with Crippen LogP contribution < -0.4 is 0 Å². The predicted molar refractivity (Wildman–Crippen MR) is 252 cm³/mol. The molecule has 344 valence electrons. The molecule has 0 radical (unpaired) electrons. The Hall–Kier alpha value is -2.81. The standard InChI is InChI=1S/C50H86NO8P/c1-6-8-10-12-14-16-18-20-22-23-24-25-26-27-29-31-33-35-37-39-41-43-50(53)59-48(47-58-60(54,55)57-45-44-51(3,4)5)46-56-49(52)42-40-38-36-34-32-30-28-21-19-17-15-13-11-9-7-2/h15,17,21-23,25-26,28-29,31-32,34-35,37,48H,6-14,16,18-20,24,27,30,33,36,38-47H2,1-5H3/p+1/b17-15+,23-22+,26-25+,28-21+,31-29+,34-32+,37-35+/t48-/m1/s1. The van der Waals surface area contributed by atoms with Gasteiger partial charge >= 0.3 is 19.8 Å². The lowest BCUT2D eigenvalue weighted by Crippen LogP contribution is -2.37. The summed E-state index contributed by atoms with van der Waals surface area (Å²) in [6, 6.07) is 0. The van der Waals surface area contributed by atoms with E-state index in [4.69, 9.17) is 18.5 Å². The molecule has 9 nitrogen and oxygen atoms in total. The van der Waals surface area contributed by atoms with E-state index in [2.05, 4.69) is 92.8 Å². The van der Waals surface area contributed by atoms with Gasteiger partial charge in [-0.25, -0.2) is 4.57 Å². The van der Waals surface area contributed by atoms with Gasteiger partial charge in [0.2, 0.25) is 0 Å². The first-order chi connectivity index (χ1) is 29.0. The van der Waals surface area contributed by atoms with Crippen LogP contribution in [-0.4, -0.2) is 74.9 Å². The van der Waals surface area contributed by atoms with Crippen LogP contribution in [0.25, 0.3) is 0 Å². The molecule has 0 aromatic heterocycles. The summed E-state index contributed by atoms with van der Waals surface area (Å²) >= 11 is 0. The van der Waals surface area contributed by atoms with Crippen molar-refractivity contribution in [1.82, 2.24) is 0 Å². The minimum absolute atomic E-state index is 0.0110. The first kappa shape index (κ1) is 57.2. The summed E-state index contributed by atoms with van der Waals surface area (Å²) in [5.41, 5.74) is 0. The number of carbonyl (C=O) groups excluding carboxylic acids is 2. The van der Waals surface area contributed by atoms with E-state index in [-0.39, 0.29) is 26.1 Å². The van der Waals surface area contributed by atoms with E-state index in [9.17, 15) is 19.0 Å². The second-order valence-electron chi connectivity index (χ2n) is 16.4. The van der Waals surface area contributed by atoms with E-state index in [0.29, 0.717) is 30.3 Å². The lowest BCUT2D eigenvalue weighted by molar-refractivity contribution is -0.870. The second-order valence-corrected chi connectivity index (χ2v) is 17.9. The Balaban J connectivity index is 4.50. The summed E-state index contributed by atoms with van der Waals surface area (Å²) in [4.78, 5) is 35.4. The zero-order valence-electron chi connectivity index (χ0n) is 38.7. The molecule has 0 spiro atoms. The Bertz CT molecular complexity index is 1290. The molecule has 60 heavy (non-hydrogen) atoms. The third-order valence-corrected chi connectivity index (χ3v) is 10.4. The van der Waals surface area contributed by atoms with Gasteiger partial charge in [0.15, 0.2) is 6.10 Å². The Morgan fingerprint density at radius 1 is 0.517 bits per heavy atom. The third-order valence-electron chi connectivity index (χ3n) is 9.40. The minimum atomic E-state index is -4.41. The van der Waals surface area contributed by atoms with Gasteiger partial charge in [-0.05, 0) is 89.9 Å². The van der Waals surface area contributed by atoms with Crippen molar-refractivity contribution in [2.24, 2.45) is 0 Å². The number of hydrogen-bond acceptors (Lipinski definition) is 7. The number of rotatable bonds is 41. The van der Waals surface area contributed by atoms with Crippen molar-refractivity contribution in [3.8, 4) is 0 Å². The molecule has 0 aliphatic rings. The molecule has 0 fully saturated rings. The summed E-state index contributed by atoms with van der Waals surface area (Å²) in [6.07, 6.45) is 53.6. The van der Waals surface area contributed by atoms with E-state index < -0.39 is 32.5 Å². The number of nitrogens with zero attached hydrogens (tertiary/aromatic N) is 1. The zero-order valence-corrected chi connectivity index (χ0v) is 39.6. The Labute approximate surface area is 367 Å². The van der Waals surface area contributed by atoms with Crippen molar-refractivity contribution in [3.05, 3.63) is 85.1 Å². The van der Waals surface area contributed by atoms with Crippen LogP contribution in [0, 0.1) is 0 Å². The molecule has 2 atom stereocenters. The number of phosphoric ester groups is 1. The lowest BCUT2D eigenvalue weighted by atomic mass is 10.1. The monoisotopic (exact) mass is 861 g/mol. The molecular weight excluding hydrogens is 774 g/mol. The summed E-state index contributed by atoms with van der Waals surface area (Å²) in [6.45, 7) is 4.26. The molecule has 10 heteroatoms. The van der Waals surface area contributed by atoms with Gasteiger partial charge in [-0.3, -0.25) is 18.6 Å². The van der Waals surface area contributed by atoms with Crippen LogP contribution >= 0.6 is 7.82 Å². The minimum Gasteiger partial charge on any atom is -0.462 e. The summed E-state index contributed by atoms with van der Waals surface area (Å²) in [5.74, 6) is -0.916. The largest absolute Gasteiger partial charge is 0.472 e. The van der Waals surface area contributed by atoms with Crippen LogP contribution in [0.15, 0.2) is 85.1 Å². The maximum Gasteiger partial charge on any atom is 0.472 e. The molecule has 0 heterocycles. The SMILES string of the molecule is CCCCC/C=C/C/C=C/C/C=C/CCCCC(=O)OC[C@H](COP(=O)(O)OCC[N+](C)(C)C)OC(=O)CCC/C=C/C/C=C/C/C=C/C/C=C/CCCCCCCCC. The van der Waals surface area contributed by atoms with Crippen LogP contribution in [0.2, 0.25) is 0 Å². The number of unbranched alkanes of at least 4 members (excludes halogenated alkanes) is 13. The number of esters is 2. The van der Waals surface area contributed by atoms with Crippen LogP contribution in [0.1, 0.15) is 168 Å². The molecule has 1 unspecified atom stereocenters. The highest BCUT2D eigenvalue weighted by molar-refractivity contribution is 7.47. The molecular formula is C50H87NO8P+. The molecule has 0 saturated heterocycles. The molecule has 0 bridgehead atoms. The molecule has 0 saturated carbocycles. The Morgan fingerprint density at radius 2 is 0.917 bits per heavy atom. The predicted octanol–water partition coefficient (Wildman–Crippen LogP) is 13.6. The fourth-order valence-corrected chi connectivity index (χ4v) is 6.46. The number of allylic oxidation sites excluding steroid dienone is 14. The molecule has 0 aliphatic carbocycles. The van der Waals surface area contributed by atoms with Crippen molar-refractivity contribution >= 4 is 19.8 Å². The number of carbonyl (C=O) groups is 2. The van der Waals surface area contributed by atoms with E-state index in [1.165, 1.54) is 70.6 Å². The van der Waals surface area contributed by atoms with Gasteiger partial charge in [-0.1, -0.05) is 150 Å². The fraction of sp³-hybridized carbons (Fsp3) is 0.680. The first-order valence-electron chi connectivity index (χ1n) is 23.3. The Kier molecular flexibility index (Phi) is 39.6. The number of ether oxygens (including phenoxy) is 2. The van der Waals surface area contributed by atoms with Crippen molar-refractivity contribution < 1.29 is 42.1 Å². The van der Waals surface area contributed by atoms with Crippen LogP contribution in [0.5, 0.6) is 0 Å². The topological polar surface area (TPSA) is 108 Å².